The summed E-state index contributed by atoms with van der Waals surface area (Å²) in [6, 6.07) is 2.40. The zero-order chi connectivity index (χ0) is 10.8. The number of aromatic nitrogens is 2. The molecule has 0 fully saturated rings. The van der Waals surface area contributed by atoms with Gasteiger partial charge in [0, 0.05) is 11.9 Å². The second-order valence-electron chi connectivity index (χ2n) is 3.62. The third-order valence-electron chi connectivity index (χ3n) is 2.60. The highest BCUT2D eigenvalue weighted by atomic mass is 32.1. The van der Waals surface area contributed by atoms with Crippen molar-refractivity contribution in [3.8, 4) is 0 Å². The van der Waals surface area contributed by atoms with Gasteiger partial charge in [0.05, 0.1) is 24.3 Å². The van der Waals surface area contributed by atoms with Crippen LogP contribution in [0.15, 0.2) is 24.0 Å². The van der Waals surface area contributed by atoms with Crippen LogP contribution in [-0.2, 0) is 7.05 Å². The van der Waals surface area contributed by atoms with Crippen molar-refractivity contribution in [2.45, 2.75) is 13.0 Å². The Morgan fingerprint density at radius 1 is 1.53 bits per heavy atom. The Morgan fingerprint density at radius 3 is 2.80 bits per heavy atom. The van der Waals surface area contributed by atoms with Crippen LogP contribution >= 0.6 is 11.3 Å². The van der Waals surface area contributed by atoms with Crippen molar-refractivity contribution in [1.82, 2.24) is 14.9 Å². The Kier molecular flexibility index (Phi) is 2.88. The fraction of sp³-hybridized carbons (Fsp3) is 0.364. The molecular formula is C11H15N3S. The second kappa shape index (κ2) is 4.16. The summed E-state index contributed by atoms with van der Waals surface area (Å²) in [5, 5.41) is 5.47. The summed E-state index contributed by atoms with van der Waals surface area (Å²) in [4.78, 5) is 5.52. The quantitative estimate of drug-likeness (QED) is 0.860. The number of rotatable bonds is 3. The van der Waals surface area contributed by atoms with Crippen LogP contribution in [0, 0.1) is 6.92 Å². The van der Waals surface area contributed by atoms with Crippen molar-refractivity contribution in [3.63, 3.8) is 0 Å². The predicted octanol–water partition coefficient (Wildman–Crippen LogP) is 2.10. The summed E-state index contributed by atoms with van der Waals surface area (Å²) in [6.07, 6.45) is 3.75. The molecule has 0 aliphatic rings. The van der Waals surface area contributed by atoms with Crippen LogP contribution in [0.4, 0.5) is 0 Å². The van der Waals surface area contributed by atoms with E-state index in [0.29, 0.717) is 0 Å². The molecule has 0 aliphatic heterocycles. The fourth-order valence-electron chi connectivity index (χ4n) is 1.74. The van der Waals surface area contributed by atoms with E-state index in [0.717, 1.165) is 0 Å². The van der Waals surface area contributed by atoms with Crippen molar-refractivity contribution in [2.24, 2.45) is 7.05 Å². The maximum Gasteiger partial charge on any atom is 0.0946 e. The summed E-state index contributed by atoms with van der Waals surface area (Å²) in [5.74, 6) is 0. The number of aryl methyl sites for hydroxylation is 2. The summed E-state index contributed by atoms with van der Waals surface area (Å²) >= 11 is 1.79. The molecule has 2 heterocycles. The topological polar surface area (TPSA) is 29.9 Å². The van der Waals surface area contributed by atoms with Gasteiger partial charge in [-0.25, -0.2) is 4.98 Å². The predicted molar refractivity (Wildman–Crippen MR) is 63.2 cm³/mol. The van der Waals surface area contributed by atoms with E-state index in [-0.39, 0.29) is 6.04 Å². The summed E-state index contributed by atoms with van der Waals surface area (Å²) in [5.41, 5.74) is 2.53. The molecule has 15 heavy (non-hydrogen) atoms. The molecule has 0 aromatic carbocycles. The van der Waals surface area contributed by atoms with E-state index in [1.165, 1.54) is 16.1 Å². The molecule has 0 amide bonds. The fourth-order valence-corrected chi connectivity index (χ4v) is 2.79. The van der Waals surface area contributed by atoms with Gasteiger partial charge in [0.1, 0.15) is 0 Å². The molecule has 1 N–H and O–H groups in total. The molecule has 2 aromatic heterocycles. The number of nitrogens with one attached hydrogen (secondary N) is 1. The lowest BCUT2D eigenvalue weighted by atomic mass is 10.1. The Morgan fingerprint density at radius 2 is 2.33 bits per heavy atom. The van der Waals surface area contributed by atoms with E-state index in [1.54, 1.807) is 11.3 Å². The molecule has 0 spiro atoms. The molecule has 2 rings (SSSR count). The van der Waals surface area contributed by atoms with Crippen molar-refractivity contribution in [2.75, 3.05) is 7.05 Å². The van der Waals surface area contributed by atoms with Crippen LogP contribution in [0.2, 0.25) is 0 Å². The lowest BCUT2D eigenvalue weighted by molar-refractivity contribution is 0.645. The van der Waals surface area contributed by atoms with Gasteiger partial charge in [-0.1, -0.05) is 0 Å². The molecule has 3 nitrogen and oxygen atoms in total. The summed E-state index contributed by atoms with van der Waals surface area (Å²) in [6.45, 7) is 2.15. The first kappa shape index (κ1) is 10.4. The zero-order valence-corrected chi connectivity index (χ0v) is 10.0. The van der Waals surface area contributed by atoms with E-state index in [9.17, 15) is 0 Å². The lowest BCUT2D eigenvalue weighted by Crippen LogP contribution is -2.19. The van der Waals surface area contributed by atoms with Gasteiger partial charge in [0.2, 0.25) is 0 Å². The van der Waals surface area contributed by atoms with E-state index in [2.05, 4.69) is 33.2 Å². The Labute approximate surface area is 93.8 Å². The van der Waals surface area contributed by atoms with Crippen molar-refractivity contribution < 1.29 is 0 Å². The second-order valence-corrected chi connectivity index (χ2v) is 4.57. The number of nitrogens with zero attached hydrogens (tertiary/aromatic N) is 2. The molecule has 4 heteroatoms. The van der Waals surface area contributed by atoms with Gasteiger partial charge in [-0.2, -0.15) is 0 Å². The molecular weight excluding hydrogens is 206 g/mol. The van der Waals surface area contributed by atoms with Crippen LogP contribution in [0.3, 0.4) is 0 Å². The van der Waals surface area contributed by atoms with Gasteiger partial charge in [-0.05, 0) is 31.0 Å². The molecule has 2 aromatic rings. The molecule has 1 atom stereocenters. The van der Waals surface area contributed by atoms with Gasteiger partial charge >= 0.3 is 0 Å². The van der Waals surface area contributed by atoms with Crippen molar-refractivity contribution >= 4 is 11.3 Å². The maximum absolute atomic E-state index is 4.16. The largest absolute Gasteiger partial charge is 0.336 e. The molecule has 0 radical (unpaired) electrons. The standard InChI is InChI=1S/C11H15N3S/c1-8-4-5-15-11(8)10(12-2)9-6-13-7-14(9)3/h4-7,10,12H,1-3H3. The summed E-state index contributed by atoms with van der Waals surface area (Å²) in [7, 11) is 4.01. The highest BCUT2D eigenvalue weighted by Crippen LogP contribution is 2.28. The molecule has 0 saturated heterocycles. The average molecular weight is 221 g/mol. The molecule has 1 unspecified atom stereocenters. The Bertz CT molecular complexity index is 404. The Balaban J connectivity index is 2.41. The van der Waals surface area contributed by atoms with Gasteiger partial charge < -0.3 is 9.88 Å². The van der Waals surface area contributed by atoms with Gasteiger partial charge in [0.25, 0.3) is 0 Å². The smallest absolute Gasteiger partial charge is 0.0946 e. The van der Waals surface area contributed by atoms with E-state index in [4.69, 9.17) is 0 Å². The van der Waals surface area contributed by atoms with Crippen LogP contribution < -0.4 is 5.32 Å². The van der Waals surface area contributed by atoms with Gasteiger partial charge in [-0.15, -0.1) is 11.3 Å². The highest BCUT2D eigenvalue weighted by Gasteiger charge is 2.17. The zero-order valence-electron chi connectivity index (χ0n) is 9.19. The minimum absolute atomic E-state index is 0.248. The van der Waals surface area contributed by atoms with Crippen LogP contribution in [-0.4, -0.2) is 16.6 Å². The first-order valence-corrected chi connectivity index (χ1v) is 5.79. The molecule has 80 valence electrons. The van der Waals surface area contributed by atoms with E-state index >= 15 is 0 Å². The van der Waals surface area contributed by atoms with E-state index < -0.39 is 0 Å². The third kappa shape index (κ3) is 1.82. The van der Waals surface area contributed by atoms with E-state index in [1.807, 2.05) is 26.6 Å². The number of thiophene rings is 1. The molecule has 0 aliphatic carbocycles. The first-order chi connectivity index (χ1) is 7.24. The lowest BCUT2D eigenvalue weighted by Gasteiger charge is -2.16. The highest BCUT2D eigenvalue weighted by molar-refractivity contribution is 7.10. The number of hydrogen-bond acceptors (Lipinski definition) is 3. The molecule has 0 bridgehead atoms. The van der Waals surface area contributed by atoms with Crippen LogP contribution in [0.25, 0.3) is 0 Å². The van der Waals surface area contributed by atoms with Crippen LogP contribution in [0.5, 0.6) is 0 Å². The monoisotopic (exact) mass is 221 g/mol. The van der Waals surface area contributed by atoms with Gasteiger partial charge in [0.15, 0.2) is 0 Å². The molecule has 0 saturated carbocycles. The average Bonchev–Trinajstić information content (AvgIpc) is 2.80. The minimum atomic E-state index is 0.248. The number of hydrogen-bond donors (Lipinski definition) is 1. The van der Waals surface area contributed by atoms with Crippen molar-refractivity contribution in [3.05, 3.63) is 40.1 Å². The van der Waals surface area contributed by atoms with Crippen molar-refractivity contribution in [1.29, 1.82) is 0 Å². The normalized spacial score (nSPS) is 13.0. The SMILES string of the molecule is CNC(c1sccc1C)c1cncn1C. The van der Waals surface area contributed by atoms with Gasteiger partial charge in [-0.3, -0.25) is 0 Å². The number of imidazole rings is 1. The summed E-state index contributed by atoms with van der Waals surface area (Å²) < 4.78 is 2.06. The maximum atomic E-state index is 4.16. The minimum Gasteiger partial charge on any atom is -0.336 e. The third-order valence-corrected chi connectivity index (χ3v) is 3.69. The van der Waals surface area contributed by atoms with Crippen LogP contribution in [0.1, 0.15) is 22.2 Å². The first-order valence-electron chi connectivity index (χ1n) is 4.91. The Hall–Kier alpha value is -1.13.